The van der Waals surface area contributed by atoms with E-state index in [1.54, 1.807) is 24.4 Å². The number of pyridine rings is 1. The number of aromatic amines is 1. The summed E-state index contributed by atoms with van der Waals surface area (Å²) in [6.45, 7) is 0.287. The quantitative estimate of drug-likeness (QED) is 0.771. The monoisotopic (exact) mass is 297 g/mol. The number of rotatable bonds is 4. The van der Waals surface area contributed by atoms with E-state index in [1.165, 1.54) is 12.1 Å². The van der Waals surface area contributed by atoms with Crippen LogP contribution in [0, 0.1) is 5.82 Å². The van der Waals surface area contributed by atoms with Crippen LogP contribution in [-0.2, 0) is 6.54 Å². The van der Waals surface area contributed by atoms with Gasteiger partial charge < -0.3 is 5.32 Å². The van der Waals surface area contributed by atoms with Crippen LogP contribution in [0.2, 0.25) is 0 Å². The van der Waals surface area contributed by atoms with Crippen molar-refractivity contribution in [2.75, 3.05) is 0 Å². The summed E-state index contributed by atoms with van der Waals surface area (Å²) in [5.41, 5.74) is 1.88. The molecule has 0 saturated carbocycles. The number of amides is 1. The van der Waals surface area contributed by atoms with E-state index in [0.717, 1.165) is 5.69 Å². The molecule has 0 aliphatic heterocycles. The van der Waals surface area contributed by atoms with Gasteiger partial charge in [-0.05, 0) is 36.4 Å². The van der Waals surface area contributed by atoms with Crippen LogP contribution in [0.4, 0.5) is 4.39 Å². The van der Waals surface area contributed by atoms with Gasteiger partial charge in [-0.2, -0.15) is 15.4 Å². The second-order valence-corrected chi connectivity index (χ2v) is 4.53. The molecule has 0 atom stereocenters. The van der Waals surface area contributed by atoms with E-state index in [0.29, 0.717) is 11.3 Å². The summed E-state index contributed by atoms with van der Waals surface area (Å²) in [6, 6.07) is 11.2. The first kappa shape index (κ1) is 13.9. The summed E-state index contributed by atoms with van der Waals surface area (Å²) in [5.74, 6) is -0.730. The Morgan fingerprint density at radius 3 is 2.68 bits per heavy atom. The third kappa shape index (κ3) is 2.98. The molecule has 0 aliphatic rings. The molecule has 0 bridgehead atoms. The van der Waals surface area contributed by atoms with Crippen LogP contribution in [0.3, 0.4) is 0 Å². The minimum Gasteiger partial charge on any atom is -0.345 e. The van der Waals surface area contributed by atoms with Gasteiger partial charge in [-0.15, -0.1) is 0 Å². The highest BCUT2D eigenvalue weighted by Crippen LogP contribution is 2.19. The summed E-state index contributed by atoms with van der Waals surface area (Å²) >= 11 is 0. The van der Waals surface area contributed by atoms with Gasteiger partial charge in [-0.1, -0.05) is 6.07 Å². The fourth-order valence-corrected chi connectivity index (χ4v) is 1.96. The number of aromatic nitrogens is 4. The topological polar surface area (TPSA) is 83.6 Å². The summed E-state index contributed by atoms with van der Waals surface area (Å²) in [6.07, 6.45) is 1.65. The maximum atomic E-state index is 13.0. The predicted molar refractivity (Wildman–Crippen MR) is 77.2 cm³/mol. The molecule has 0 spiro atoms. The fraction of sp³-hybridized carbons (Fsp3) is 0.0667. The number of nitrogens with one attached hydrogen (secondary N) is 2. The Bertz CT molecular complexity index is 770. The molecule has 22 heavy (non-hydrogen) atoms. The maximum Gasteiger partial charge on any atom is 0.274 e. The third-order valence-corrected chi connectivity index (χ3v) is 3.04. The van der Waals surface area contributed by atoms with Crippen molar-refractivity contribution < 1.29 is 9.18 Å². The number of hydrogen-bond acceptors (Lipinski definition) is 4. The fourth-order valence-electron chi connectivity index (χ4n) is 1.96. The molecule has 0 aliphatic carbocycles. The van der Waals surface area contributed by atoms with Gasteiger partial charge in [0.2, 0.25) is 0 Å². The molecular formula is C15H12FN5O. The molecule has 1 amide bonds. The predicted octanol–water partition coefficient (Wildman–Crippen LogP) is 1.94. The second kappa shape index (κ2) is 6.13. The number of carbonyl (C=O) groups is 1. The third-order valence-electron chi connectivity index (χ3n) is 3.04. The van der Waals surface area contributed by atoms with Crippen molar-refractivity contribution in [1.29, 1.82) is 0 Å². The van der Waals surface area contributed by atoms with Crippen LogP contribution in [0.5, 0.6) is 0 Å². The first-order valence-electron chi connectivity index (χ1n) is 6.59. The summed E-state index contributed by atoms with van der Waals surface area (Å²) < 4.78 is 13.0. The molecule has 2 heterocycles. The lowest BCUT2D eigenvalue weighted by Crippen LogP contribution is -2.24. The largest absolute Gasteiger partial charge is 0.345 e. The Labute approximate surface area is 125 Å². The molecule has 0 fully saturated rings. The Morgan fingerprint density at radius 1 is 1.14 bits per heavy atom. The minimum atomic E-state index is -0.376. The van der Waals surface area contributed by atoms with Crippen LogP contribution >= 0.6 is 0 Å². The van der Waals surface area contributed by atoms with Gasteiger partial charge in [0, 0.05) is 11.8 Å². The molecular weight excluding hydrogens is 285 g/mol. The van der Waals surface area contributed by atoms with Crippen molar-refractivity contribution in [3.05, 3.63) is 65.9 Å². The van der Waals surface area contributed by atoms with Crippen molar-refractivity contribution in [2.45, 2.75) is 6.54 Å². The molecule has 1 aromatic carbocycles. The Kier molecular flexibility index (Phi) is 3.86. The van der Waals surface area contributed by atoms with E-state index in [-0.39, 0.29) is 24.0 Å². The number of nitrogens with zero attached hydrogens (tertiary/aromatic N) is 3. The second-order valence-electron chi connectivity index (χ2n) is 4.53. The Balaban J connectivity index is 1.76. The average molecular weight is 297 g/mol. The van der Waals surface area contributed by atoms with Gasteiger partial charge in [-0.25, -0.2) is 4.39 Å². The van der Waals surface area contributed by atoms with Gasteiger partial charge in [-0.3, -0.25) is 9.78 Å². The molecule has 110 valence electrons. The summed E-state index contributed by atoms with van der Waals surface area (Å²) in [4.78, 5) is 16.3. The van der Waals surface area contributed by atoms with Crippen molar-refractivity contribution in [3.8, 4) is 11.3 Å². The number of H-pyrrole nitrogens is 1. The molecule has 2 N–H and O–H groups in total. The zero-order valence-corrected chi connectivity index (χ0v) is 11.5. The van der Waals surface area contributed by atoms with Gasteiger partial charge in [0.05, 0.1) is 12.2 Å². The van der Waals surface area contributed by atoms with E-state index >= 15 is 0 Å². The molecule has 3 rings (SSSR count). The standard InChI is InChI=1S/C15H12FN5O/c16-11-6-4-10(5-7-11)13-14(20-21-19-13)15(22)18-9-12-3-1-2-8-17-12/h1-8H,9H2,(H,18,22)(H,19,20,21). The lowest BCUT2D eigenvalue weighted by molar-refractivity contribution is 0.0946. The molecule has 7 heteroatoms. The van der Waals surface area contributed by atoms with Crippen LogP contribution < -0.4 is 5.32 Å². The molecule has 0 radical (unpaired) electrons. The zero-order chi connectivity index (χ0) is 15.4. The normalized spacial score (nSPS) is 10.4. The average Bonchev–Trinajstić information content (AvgIpc) is 3.04. The highest BCUT2D eigenvalue weighted by atomic mass is 19.1. The van der Waals surface area contributed by atoms with Crippen LogP contribution in [0.25, 0.3) is 11.3 Å². The highest BCUT2D eigenvalue weighted by Gasteiger charge is 2.17. The zero-order valence-electron chi connectivity index (χ0n) is 11.5. The number of hydrogen-bond donors (Lipinski definition) is 2. The van der Waals surface area contributed by atoms with Crippen molar-refractivity contribution in [3.63, 3.8) is 0 Å². The van der Waals surface area contributed by atoms with Gasteiger partial charge in [0.1, 0.15) is 11.5 Å². The van der Waals surface area contributed by atoms with Gasteiger partial charge in [0.15, 0.2) is 5.69 Å². The summed E-state index contributed by atoms with van der Waals surface area (Å²) in [7, 11) is 0. The van der Waals surface area contributed by atoms with Crippen molar-refractivity contribution in [2.24, 2.45) is 0 Å². The molecule has 0 unspecified atom stereocenters. The smallest absolute Gasteiger partial charge is 0.274 e. The molecule has 0 saturated heterocycles. The minimum absolute atomic E-state index is 0.155. The van der Waals surface area contributed by atoms with Crippen LogP contribution in [0.1, 0.15) is 16.2 Å². The SMILES string of the molecule is O=C(NCc1ccccn1)c1n[nH]nc1-c1ccc(F)cc1. The number of halogens is 1. The maximum absolute atomic E-state index is 13.0. The van der Waals surface area contributed by atoms with Crippen LogP contribution in [-0.4, -0.2) is 26.3 Å². The highest BCUT2D eigenvalue weighted by molar-refractivity contribution is 5.97. The van der Waals surface area contributed by atoms with E-state index in [9.17, 15) is 9.18 Å². The van der Waals surface area contributed by atoms with E-state index in [1.807, 2.05) is 12.1 Å². The first-order valence-corrected chi connectivity index (χ1v) is 6.59. The van der Waals surface area contributed by atoms with E-state index in [2.05, 4.69) is 25.7 Å². The molecule has 2 aromatic heterocycles. The summed E-state index contributed by atoms with van der Waals surface area (Å²) in [5, 5.41) is 13.0. The van der Waals surface area contributed by atoms with E-state index in [4.69, 9.17) is 0 Å². The van der Waals surface area contributed by atoms with Crippen molar-refractivity contribution >= 4 is 5.91 Å². The Hall–Kier alpha value is -3.09. The number of benzene rings is 1. The number of carbonyl (C=O) groups excluding carboxylic acids is 1. The molecule has 3 aromatic rings. The van der Waals surface area contributed by atoms with Crippen molar-refractivity contribution in [1.82, 2.24) is 25.7 Å². The van der Waals surface area contributed by atoms with Gasteiger partial charge >= 0.3 is 0 Å². The van der Waals surface area contributed by atoms with Crippen LogP contribution in [0.15, 0.2) is 48.7 Å². The lowest BCUT2D eigenvalue weighted by atomic mass is 10.1. The first-order chi connectivity index (χ1) is 10.7. The van der Waals surface area contributed by atoms with E-state index < -0.39 is 0 Å². The van der Waals surface area contributed by atoms with Gasteiger partial charge in [0.25, 0.3) is 5.91 Å². The Morgan fingerprint density at radius 2 is 1.95 bits per heavy atom. The lowest BCUT2D eigenvalue weighted by Gasteiger charge is -2.04. The molecule has 6 nitrogen and oxygen atoms in total.